The minimum atomic E-state index is -0.774. The molecular formula is C18H16FN3O4. The van der Waals surface area contributed by atoms with Gasteiger partial charge in [-0.15, -0.1) is 0 Å². The molecule has 0 radical (unpaired) electrons. The number of benzene rings is 2. The van der Waals surface area contributed by atoms with Crippen LogP contribution in [0.25, 0.3) is 0 Å². The van der Waals surface area contributed by atoms with Crippen LogP contribution in [0.2, 0.25) is 0 Å². The highest BCUT2D eigenvalue weighted by molar-refractivity contribution is 6.03. The topological polar surface area (TPSA) is 92.6 Å². The minimum absolute atomic E-state index is 0.00371. The third-order valence-corrected chi connectivity index (χ3v) is 4.26. The second kappa shape index (κ2) is 6.91. The molecule has 134 valence electrons. The fraction of sp³-hybridized carbons (Fsp3) is 0.222. The van der Waals surface area contributed by atoms with Crippen molar-refractivity contribution in [1.82, 2.24) is 0 Å². The van der Waals surface area contributed by atoms with Crippen molar-refractivity contribution in [1.29, 1.82) is 0 Å². The lowest BCUT2D eigenvalue weighted by Gasteiger charge is -2.17. The van der Waals surface area contributed by atoms with E-state index in [0.29, 0.717) is 5.69 Å². The summed E-state index contributed by atoms with van der Waals surface area (Å²) in [5.74, 6) is -2.19. The maximum Gasteiger partial charge on any atom is 0.271 e. The van der Waals surface area contributed by atoms with Gasteiger partial charge in [-0.2, -0.15) is 0 Å². The second-order valence-corrected chi connectivity index (χ2v) is 6.15. The number of nitrogens with zero attached hydrogens (tertiary/aromatic N) is 2. The molecule has 1 unspecified atom stereocenters. The number of carbonyl (C=O) groups is 2. The van der Waals surface area contributed by atoms with E-state index in [1.165, 1.54) is 4.90 Å². The summed E-state index contributed by atoms with van der Waals surface area (Å²) < 4.78 is 13.8. The third kappa shape index (κ3) is 3.53. The van der Waals surface area contributed by atoms with E-state index in [1.54, 1.807) is 12.1 Å². The van der Waals surface area contributed by atoms with Gasteiger partial charge < -0.3 is 10.2 Å². The van der Waals surface area contributed by atoms with Crippen molar-refractivity contribution in [3.8, 4) is 0 Å². The number of amides is 2. The standard InChI is InChI=1S/C18H16FN3O4/c1-11-2-4-13(5-3-11)21-10-12(8-17(21)23)18(24)20-16-9-14(22(25)26)6-7-15(16)19/h2-7,9,12H,8,10H2,1H3,(H,20,24). The minimum Gasteiger partial charge on any atom is -0.323 e. The predicted molar refractivity (Wildman–Crippen MR) is 93.3 cm³/mol. The Bertz CT molecular complexity index is 883. The van der Waals surface area contributed by atoms with Crippen LogP contribution in [0.3, 0.4) is 0 Å². The average Bonchev–Trinajstić information content (AvgIpc) is 2.99. The predicted octanol–water partition coefficient (Wildman–Crippen LogP) is 3.03. The van der Waals surface area contributed by atoms with E-state index in [-0.39, 0.29) is 30.2 Å². The van der Waals surface area contributed by atoms with Crippen molar-refractivity contribution in [3.05, 3.63) is 64.0 Å². The SMILES string of the molecule is Cc1ccc(N2CC(C(=O)Nc3cc([N+](=O)[O-])ccc3F)CC2=O)cc1. The molecule has 2 aromatic carbocycles. The van der Waals surface area contributed by atoms with Crippen molar-refractivity contribution in [2.75, 3.05) is 16.8 Å². The molecule has 0 bridgehead atoms. The van der Waals surface area contributed by atoms with Gasteiger partial charge in [0.15, 0.2) is 0 Å². The number of aryl methyl sites for hydroxylation is 1. The maximum absolute atomic E-state index is 13.8. The molecule has 7 nitrogen and oxygen atoms in total. The Morgan fingerprint density at radius 1 is 1.27 bits per heavy atom. The number of nitro benzene ring substituents is 1. The molecule has 1 aliphatic heterocycles. The van der Waals surface area contributed by atoms with E-state index in [1.807, 2.05) is 19.1 Å². The van der Waals surface area contributed by atoms with E-state index >= 15 is 0 Å². The van der Waals surface area contributed by atoms with Crippen molar-refractivity contribution in [2.45, 2.75) is 13.3 Å². The van der Waals surface area contributed by atoms with E-state index in [2.05, 4.69) is 5.32 Å². The first-order chi connectivity index (χ1) is 12.3. The smallest absolute Gasteiger partial charge is 0.271 e. The molecule has 0 aromatic heterocycles. The molecule has 2 aromatic rings. The van der Waals surface area contributed by atoms with Crippen LogP contribution in [0.1, 0.15) is 12.0 Å². The van der Waals surface area contributed by atoms with Gasteiger partial charge in [-0.3, -0.25) is 19.7 Å². The van der Waals surface area contributed by atoms with Crippen LogP contribution in [0.4, 0.5) is 21.5 Å². The van der Waals surface area contributed by atoms with Crippen molar-refractivity contribution in [2.24, 2.45) is 5.92 Å². The van der Waals surface area contributed by atoms with Crippen LogP contribution < -0.4 is 10.2 Å². The van der Waals surface area contributed by atoms with Gasteiger partial charge in [-0.05, 0) is 25.1 Å². The van der Waals surface area contributed by atoms with Crippen LogP contribution >= 0.6 is 0 Å². The van der Waals surface area contributed by atoms with Crippen molar-refractivity contribution in [3.63, 3.8) is 0 Å². The molecule has 0 spiro atoms. The molecule has 0 aliphatic carbocycles. The molecular weight excluding hydrogens is 341 g/mol. The molecule has 1 heterocycles. The summed E-state index contributed by atoms with van der Waals surface area (Å²) in [6, 6.07) is 10.2. The molecule has 2 amide bonds. The van der Waals surface area contributed by atoms with Gasteiger partial charge in [0.25, 0.3) is 5.69 Å². The number of rotatable bonds is 4. The zero-order valence-corrected chi connectivity index (χ0v) is 13.9. The number of hydrogen-bond acceptors (Lipinski definition) is 4. The Morgan fingerprint density at radius 3 is 2.62 bits per heavy atom. The summed E-state index contributed by atoms with van der Waals surface area (Å²) in [7, 11) is 0. The summed E-state index contributed by atoms with van der Waals surface area (Å²) in [4.78, 5) is 36.2. The van der Waals surface area contributed by atoms with Gasteiger partial charge >= 0.3 is 0 Å². The zero-order chi connectivity index (χ0) is 18.8. The van der Waals surface area contributed by atoms with Crippen molar-refractivity contribution < 1.29 is 18.9 Å². The molecule has 1 aliphatic rings. The van der Waals surface area contributed by atoms with Crippen molar-refractivity contribution >= 4 is 28.9 Å². The molecule has 0 saturated carbocycles. The average molecular weight is 357 g/mol. The highest BCUT2D eigenvalue weighted by Crippen LogP contribution is 2.27. The van der Waals surface area contributed by atoms with E-state index < -0.39 is 22.6 Å². The first-order valence-corrected chi connectivity index (χ1v) is 7.97. The number of hydrogen-bond donors (Lipinski definition) is 1. The van der Waals surface area contributed by atoms with E-state index in [4.69, 9.17) is 0 Å². The van der Waals surface area contributed by atoms with Gasteiger partial charge in [0.1, 0.15) is 5.82 Å². The third-order valence-electron chi connectivity index (χ3n) is 4.26. The lowest BCUT2D eigenvalue weighted by atomic mass is 10.1. The first-order valence-electron chi connectivity index (χ1n) is 7.97. The maximum atomic E-state index is 13.8. The summed E-state index contributed by atoms with van der Waals surface area (Å²) >= 11 is 0. The Kier molecular flexibility index (Phi) is 4.66. The number of nitro groups is 1. The quantitative estimate of drug-likeness (QED) is 0.672. The Balaban J connectivity index is 1.73. The fourth-order valence-electron chi connectivity index (χ4n) is 2.81. The summed E-state index contributed by atoms with van der Waals surface area (Å²) in [6.45, 7) is 2.10. The lowest BCUT2D eigenvalue weighted by Crippen LogP contribution is -2.28. The van der Waals surface area contributed by atoms with E-state index in [9.17, 15) is 24.1 Å². The molecule has 1 fully saturated rings. The van der Waals surface area contributed by atoms with Gasteiger partial charge in [-0.1, -0.05) is 17.7 Å². The largest absolute Gasteiger partial charge is 0.323 e. The Hall–Kier alpha value is -3.29. The molecule has 1 atom stereocenters. The van der Waals surface area contributed by atoms with Gasteiger partial charge in [0.2, 0.25) is 11.8 Å². The fourth-order valence-corrected chi connectivity index (χ4v) is 2.81. The second-order valence-electron chi connectivity index (χ2n) is 6.15. The highest BCUT2D eigenvalue weighted by atomic mass is 19.1. The summed E-state index contributed by atoms with van der Waals surface area (Å²) in [5, 5.41) is 13.1. The molecule has 1 N–H and O–H groups in total. The number of nitrogens with one attached hydrogen (secondary N) is 1. The van der Waals surface area contributed by atoms with Crippen LogP contribution in [0.15, 0.2) is 42.5 Å². The van der Waals surface area contributed by atoms with Gasteiger partial charge in [-0.25, -0.2) is 4.39 Å². The normalized spacial score (nSPS) is 16.6. The number of non-ortho nitro benzene ring substituents is 1. The van der Waals surface area contributed by atoms with Crippen LogP contribution in [0.5, 0.6) is 0 Å². The van der Waals surface area contributed by atoms with Crippen LogP contribution in [0, 0.1) is 28.8 Å². The molecule has 8 heteroatoms. The monoisotopic (exact) mass is 357 g/mol. The number of anilines is 2. The molecule has 26 heavy (non-hydrogen) atoms. The lowest BCUT2D eigenvalue weighted by molar-refractivity contribution is -0.384. The summed E-state index contributed by atoms with van der Waals surface area (Å²) in [6.07, 6.45) is -0.00371. The van der Waals surface area contributed by atoms with Gasteiger partial charge in [0, 0.05) is 30.8 Å². The zero-order valence-electron chi connectivity index (χ0n) is 13.9. The first kappa shape index (κ1) is 17.5. The van der Waals surface area contributed by atoms with Gasteiger partial charge in [0.05, 0.1) is 16.5 Å². The number of carbonyl (C=O) groups excluding carboxylic acids is 2. The summed E-state index contributed by atoms with van der Waals surface area (Å²) in [5.41, 5.74) is 1.14. The highest BCUT2D eigenvalue weighted by Gasteiger charge is 2.35. The number of halogens is 1. The molecule has 3 rings (SSSR count). The Morgan fingerprint density at radius 2 is 1.96 bits per heavy atom. The van der Waals surface area contributed by atoms with Crippen LogP contribution in [-0.2, 0) is 9.59 Å². The molecule has 1 saturated heterocycles. The van der Waals surface area contributed by atoms with E-state index in [0.717, 1.165) is 23.8 Å². The Labute approximate surface area is 148 Å². The van der Waals surface area contributed by atoms with Crippen LogP contribution in [-0.4, -0.2) is 23.3 Å².